The summed E-state index contributed by atoms with van der Waals surface area (Å²) >= 11 is 0. The van der Waals surface area contributed by atoms with Gasteiger partial charge in [0.1, 0.15) is 5.60 Å². The summed E-state index contributed by atoms with van der Waals surface area (Å²) in [6.45, 7) is 14.7. The first kappa shape index (κ1) is 18.0. The minimum atomic E-state index is -1.48. The third-order valence-electron chi connectivity index (χ3n) is 3.78. The van der Waals surface area contributed by atoms with Crippen molar-refractivity contribution in [3.05, 3.63) is 23.1 Å². The van der Waals surface area contributed by atoms with Crippen LogP contribution < -0.4 is 0 Å². The molecule has 0 aliphatic heterocycles. The van der Waals surface area contributed by atoms with Gasteiger partial charge < -0.3 is 9.47 Å². The van der Waals surface area contributed by atoms with Crippen LogP contribution in [0.4, 0.5) is 0 Å². The second-order valence-electron chi connectivity index (χ2n) is 7.84. The standard InChI is InChI=1S/C17H30O3Si/c1-12(16(18)20-17(2,3)4)14-11-13(19-5)9-10-15(14)21(6,7)8/h9-10,12,14H,11H2,1-8H3. The van der Waals surface area contributed by atoms with Crippen LogP contribution in [0.15, 0.2) is 23.1 Å². The average molecular weight is 311 g/mol. The van der Waals surface area contributed by atoms with Gasteiger partial charge >= 0.3 is 5.97 Å². The van der Waals surface area contributed by atoms with Gasteiger partial charge in [-0.2, -0.15) is 0 Å². The van der Waals surface area contributed by atoms with E-state index in [1.165, 1.54) is 5.20 Å². The second kappa shape index (κ2) is 6.38. The summed E-state index contributed by atoms with van der Waals surface area (Å²) in [6, 6.07) is 0. The van der Waals surface area contributed by atoms with E-state index in [1.807, 2.05) is 33.8 Å². The molecular weight excluding hydrogens is 280 g/mol. The Hall–Kier alpha value is -1.03. The minimum absolute atomic E-state index is 0.117. The molecule has 2 unspecified atom stereocenters. The van der Waals surface area contributed by atoms with Gasteiger partial charge in [0.05, 0.1) is 26.9 Å². The zero-order chi connectivity index (χ0) is 16.4. The highest BCUT2D eigenvalue weighted by molar-refractivity contribution is 6.83. The summed E-state index contributed by atoms with van der Waals surface area (Å²) in [7, 11) is 0.213. The predicted octanol–water partition coefficient (Wildman–Crippen LogP) is 4.32. The van der Waals surface area contributed by atoms with Crippen molar-refractivity contribution in [1.82, 2.24) is 0 Å². The molecule has 1 aliphatic carbocycles. The molecule has 0 fully saturated rings. The maximum atomic E-state index is 12.4. The van der Waals surface area contributed by atoms with Gasteiger partial charge in [-0.1, -0.05) is 37.8 Å². The van der Waals surface area contributed by atoms with Crippen LogP contribution in [-0.2, 0) is 14.3 Å². The molecule has 0 aromatic carbocycles. The number of carbonyl (C=O) groups is 1. The molecule has 0 spiro atoms. The van der Waals surface area contributed by atoms with Gasteiger partial charge in [-0.3, -0.25) is 4.79 Å². The zero-order valence-electron chi connectivity index (χ0n) is 14.7. The van der Waals surface area contributed by atoms with Crippen LogP contribution in [0, 0.1) is 11.8 Å². The summed E-state index contributed by atoms with van der Waals surface area (Å²) in [5.41, 5.74) is -0.441. The number of allylic oxidation sites excluding steroid dienone is 4. The van der Waals surface area contributed by atoms with Crippen molar-refractivity contribution < 1.29 is 14.3 Å². The third-order valence-corrected chi connectivity index (χ3v) is 6.05. The van der Waals surface area contributed by atoms with Gasteiger partial charge in [0.15, 0.2) is 0 Å². The molecule has 1 rings (SSSR count). The first-order valence-corrected chi connectivity index (χ1v) is 11.1. The molecule has 120 valence electrons. The SMILES string of the molecule is COC1=CC=C([Si](C)(C)C)C(C(C)C(=O)OC(C)(C)C)C1. The largest absolute Gasteiger partial charge is 0.501 e. The summed E-state index contributed by atoms with van der Waals surface area (Å²) in [4.78, 5) is 12.4. The lowest BCUT2D eigenvalue weighted by Gasteiger charge is -2.35. The molecule has 3 nitrogen and oxygen atoms in total. The van der Waals surface area contributed by atoms with Crippen molar-refractivity contribution in [3.8, 4) is 0 Å². The van der Waals surface area contributed by atoms with Crippen molar-refractivity contribution in [1.29, 1.82) is 0 Å². The smallest absolute Gasteiger partial charge is 0.309 e. The van der Waals surface area contributed by atoms with Crippen molar-refractivity contribution in [3.63, 3.8) is 0 Å². The summed E-state index contributed by atoms with van der Waals surface area (Å²) in [5.74, 6) is 0.860. The number of methoxy groups -OCH3 is 1. The Morgan fingerprint density at radius 3 is 2.29 bits per heavy atom. The fourth-order valence-electron chi connectivity index (χ4n) is 2.66. The summed E-state index contributed by atoms with van der Waals surface area (Å²) in [6.07, 6.45) is 5.00. The van der Waals surface area contributed by atoms with Crippen LogP contribution in [0.25, 0.3) is 0 Å². The van der Waals surface area contributed by atoms with Crippen LogP contribution in [0.5, 0.6) is 0 Å². The van der Waals surface area contributed by atoms with Crippen molar-refractivity contribution >= 4 is 14.0 Å². The lowest BCUT2D eigenvalue weighted by atomic mass is 9.87. The molecule has 0 amide bonds. The van der Waals surface area contributed by atoms with E-state index in [1.54, 1.807) is 7.11 Å². The second-order valence-corrected chi connectivity index (χ2v) is 12.9. The highest BCUT2D eigenvalue weighted by atomic mass is 28.3. The predicted molar refractivity (Wildman–Crippen MR) is 89.6 cm³/mol. The number of ether oxygens (including phenoxy) is 2. The van der Waals surface area contributed by atoms with E-state index in [9.17, 15) is 4.79 Å². The fraction of sp³-hybridized carbons (Fsp3) is 0.706. The van der Waals surface area contributed by atoms with E-state index in [2.05, 4.69) is 25.7 Å². The Bertz CT molecular complexity index is 450. The van der Waals surface area contributed by atoms with Gasteiger partial charge in [0, 0.05) is 6.42 Å². The van der Waals surface area contributed by atoms with Gasteiger partial charge in [-0.25, -0.2) is 0 Å². The van der Waals surface area contributed by atoms with Gasteiger partial charge in [-0.05, 0) is 32.8 Å². The Labute approximate surface area is 130 Å². The molecule has 4 heteroatoms. The van der Waals surface area contributed by atoms with Crippen molar-refractivity contribution in [2.45, 2.75) is 59.4 Å². The van der Waals surface area contributed by atoms with Gasteiger partial charge in [0.2, 0.25) is 0 Å². The Balaban J connectivity index is 3.00. The van der Waals surface area contributed by atoms with E-state index in [0.29, 0.717) is 0 Å². The maximum Gasteiger partial charge on any atom is 0.309 e. The Kier molecular flexibility index (Phi) is 5.48. The maximum absolute atomic E-state index is 12.4. The molecule has 0 radical (unpaired) electrons. The molecule has 2 atom stereocenters. The van der Waals surface area contributed by atoms with Gasteiger partial charge in [0.25, 0.3) is 0 Å². The molecule has 0 heterocycles. The quantitative estimate of drug-likeness (QED) is 0.573. The normalized spacial score (nSPS) is 21.2. The Morgan fingerprint density at radius 1 is 1.29 bits per heavy atom. The Morgan fingerprint density at radius 2 is 1.86 bits per heavy atom. The summed E-state index contributed by atoms with van der Waals surface area (Å²) < 4.78 is 11.0. The van der Waals surface area contributed by atoms with Crippen LogP contribution >= 0.6 is 0 Å². The fourth-order valence-corrected chi connectivity index (χ4v) is 4.71. The van der Waals surface area contributed by atoms with Crippen LogP contribution in [0.2, 0.25) is 19.6 Å². The topological polar surface area (TPSA) is 35.5 Å². The molecule has 0 N–H and O–H groups in total. The number of hydrogen-bond donors (Lipinski definition) is 0. The van der Waals surface area contributed by atoms with Crippen LogP contribution in [-0.4, -0.2) is 26.8 Å². The molecular formula is C17H30O3Si. The zero-order valence-corrected chi connectivity index (χ0v) is 15.7. The molecule has 21 heavy (non-hydrogen) atoms. The van der Waals surface area contributed by atoms with Crippen molar-refractivity contribution in [2.75, 3.05) is 7.11 Å². The lowest BCUT2D eigenvalue weighted by molar-refractivity contribution is -0.160. The van der Waals surface area contributed by atoms with Crippen molar-refractivity contribution in [2.24, 2.45) is 11.8 Å². The summed E-state index contributed by atoms with van der Waals surface area (Å²) in [5, 5.41) is 1.42. The highest BCUT2D eigenvalue weighted by Crippen LogP contribution is 2.37. The lowest BCUT2D eigenvalue weighted by Crippen LogP contribution is -2.38. The molecule has 0 saturated carbocycles. The molecule has 0 aromatic rings. The van der Waals surface area contributed by atoms with E-state index in [0.717, 1.165) is 12.2 Å². The van der Waals surface area contributed by atoms with Crippen LogP contribution in [0.1, 0.15) is 34.1 Å². The number of esters is 1. The first-order valence-electron chi connectivity index (χ1n) is 7.64. The molecule has 1 aliphatic rings. The number of carbonyl (C=O) groups excluding carboxylic acids is 1. The third kappa shape index (κ3) is 5.02. The van der Waals surface area contributed by atoms with E-state index in [-0.39, 0.29) is 17.8 Å². The average Bonchev–Trinajstić information content (AvgIpc) is 2.33. The van der Waals surface area contributed by atoms with Crippen LogP contribution in [0.3, 0.4) is 0 Å². The number of rotatable bonds is 4. The highest BCUT2D eigenvalue weighted by Gasteiger charge is 2.37. The molecule has 0 bridgehead atoms. The molecule has 0 aromatic heterocycles. The van der Waals surface area contributed by atoms with E-state index in [4.69, 9.17) is 9.47 Å². The molecule has 0 saturated heterocycles. The van der Waals surface area contributed by atoms with E-state index >= 15 is 0 Å². The minimum Gasteiger partial charge on any atom is -0.501 e. The van der Waals surface area contributed by atoms with Gasteiger partial charge in [-0.15, -0.1) is 0 Å². The number of hydrogen-bond acceptors (Lipinski definition) is 3. The monoisotopic (exact) mass is 310 g/mol. The first-order chi connectivity index (χ1) is 9.45. The van der Waals surface area contributed by atoms with E-state index < -0.39 is 13.7 Å².